The molecule has 1 heterocycles. The van der Waals surface area contributed by atoms with Crippen LogP contribution < -0.4 is 5.32 Å². The number of rotatable bonds is 4. The van der Waals surface area contributed by atoms with E-state index < -0.39 is 0 Å². The molecule has 2 aliphatic carbocycles. The van der Waals surface area contributed by atoms with Crippen LogP contribution in [0, 0.1) is 18.8 Å². The lowest BCUT2D eigenvalue weighted by Gasteiger charge is -2.15. The van der Waals surface area contributed by atoms with Gasteiger partial charge in [-0.2, -0.15) is 0 Å². The minimum atomic E-state index is 0.525. The number of methoxy groups -OCH3 is 1. The second-order valence-electron chi connectivity index (χ2n) is 6.21. The van der Waals surface area contributed by atoms with Crippen LogP contribution in [0.4, 0.5) is 0 Å². The summed E-state index contributed by atoms with van der Waals surface area (Å²) in [5.41, 5.74) is 2.38. The number of nitrogens with zero attached hydrogens (tertiary/aromatic N) is 1. The molecule has 104 valence electrons. The molecule has 1 aromatic heterocycles. The quantitative estimate of drug-likeness (QED) is 0.904. The highest BCUT2D eigenvalue weighted by molar-refractivity contribution is 5.13. The number of aryl methyl sites for hydroxylation is 1. The minimum absolute atomic E-state index is 0.525. The van der Waals surface area contributed by atoms with Crippen molar-refractivity contribution in [3.8, 4) is 0 Å². The van der Waals surface area contributed by atoms with Crippen molar-refractivity contribution >= 4 is 0 Å². The SMILES string of the molecule is COC1C[C@H]2CC(NCc3ccc(C)nc3)C[C@H]2C1. The summed E-state index contributed by atoms with van der Waals surface area (Å²) in [5, 5.41) is 3.70. The fraction of sp³-hybridized carbons (Fsp3) is 0.688. The van der Waals surface area contributed by atoms with E-state index in [1.165, 1.54) is 31.2 Å². The Bertz CT molecular complexity index is 403. The van der Waals surface area contributed by atoms with E-state index in [9.17, 15) is 0 Å². The molecule has 3 nitrogen and oxygen atoms in total. The predicted molar refractivity (Wildman–Crippen MR) is 75.8 cm³/mol. The van der Waals surface area contributed by atoms with Crippen molar-refractivity contribution in [3.63, 3.8) is 0 Å². The lowest BCUT2D eigenvalue weighted by Crippen LogP contribution is -2.27. The number of pyridine rings is 1. The normalized spacial score (nSPS) is 33.6. The smallest absolute Gasteiger partial charge is 0.0576 e. The van der Waals surface area contributed by atoms with Gasteiger partial charge < -0.3 is 10.1 Å². The summed E-state index contributed by atoms with van der Waals surface area (Å²) in [6.45, 7) is 2.98. The molecule has 2 saturated carbocycles. The monoisotopic (exact) mass is 260 g/mol. The summed E-state index contributed by atoms with van der Waals surface area (Å²) in [6.07, 6.45) is 7.70. The molecule has 19 heavy (non-hydrogen) atoms. The van der Waals surface area contributed by atoms with Gasteiger partial charge in [0.1, 0.15) is 0 Å². The van der Waals surface area contributed by atoms with Crippen LogP contribution in [0.25, 0.3) is 0 Å². The van der Waals surface area contributed by atoms with Gasteiger partial charge >= 0.3 is 0 Å². The van der Waals surface area contributed by atoms with Crippen LogP contribution >= 0.6 is 0 Å². The van der Waals surface area contributed by atoms with E-state index in [0.29, 0.717) is 12.1 Å². The van der Waals surface area contributed by atoms with Crippen LogP contribution in [0.15, 0.2) is 18.3 Å². The first-order valence-electron chi connectivity index (χ1n) is 7.42. The number of ether oxygens (including phenoxy) is 1. The predicted octanol–water partition coefficient (Wildman–Crippen LogP) is 2.68. The van der Waals surface area contributed by atoms with Crippen molar-refractivity contribution in [1.82, 2.24) is 10.3 Å². The van der Waals surface area contributed by atoms with E-state index in [-0.39, 0.29) is 0 Å². The molecule has 3 rings (SSSR count). The fourth-order valence-corrected chi connectivity index (χ4v) is 3.79. The van der Waals surface area contributed by atoms with E-state index in [4.69, 9.17) is 4.74 Å². The zero-order valence-corrected chi connectivity index (χ0v) is 11.9. The summed E-state index contributed by atoms with van der Waals surface area (Å²) in [5.74, 6) is 1.78. The number of nitrogens with one attached hydrogen (secondary N) is 1. The molecule has 0 bridgehead atoms. The first-order chi connectivity index (χ1) is 9.24. The molecule has 0 saturated heterocycles. The van der Waals surface area contributed by atoms with E-state index >= 15 is 0 Å². The number of hydrogen-bond acceptors (Lipinski definition) is 3. The third-order valence-corrected chi connectivity index (χ3v) is 4.87. The van der Waals surface area contributed by atoms with Gasteiger partial charge in [-0.05, 0) is 56.1 Å². The van der Waals surface area contributed by atoms with Crippen LogP contribution in [-0.4, -0.2) is 24.2 Å². The van der Waals surface area contributed by atoms with Gasteiger partial charge in [0.05, 0.1) is 6.10 Å². The van der Waals surface area contributed by atoms with Gasteiger partial charge in [0.2, 0.25) is 0 Å². The van der Waals surface area contributed by atoms with Crippen molar-refractivity contribution in [2.45, 2.75) is 51.3 Å². The zero-order chi connectivity index (χ0) is 13.2. The van der Waals surface area contributed by atoms with Crippen molar-refractivity contribution in [1.29, 1.82) is 0 Å². The Morgan fingerprint density at radius 3 is 2.53 bits per heavy atom. The molecule has 2 aliphatic rings. The van der Waals surface area contributed by atoms with Crippen molar-refractivity contribution < 1.29 is 4.74 Å². The largest absolute Gasteiger partial charge is 0.381 e. The zero-order valence-electron chi connectivity index (χ0n) is 11.9. The topological polar surface area (TPSA) is 34.1 Å². The fourth-order valence-electron chi connectivity index (χ4n) is 3.79. The Morgan fingerprint density at radius 1 is 1.21 bits per heavy atom. The second kappa shape index (κ2) is 5.59. The Morgan fingerprint density at radius 2 is 1.95 bits per heavy atom. The maximum absolute atomic E-state index is 5.49. The van der Waals surface area contributed by atoms with Crippen LogP contribution in [0.1, 0.15) is 36.9 Å². The highest BCUT2D eigenvalue weighted by Crippen LogP contribution is 2.44. The molecule has 3 heteroatoms. The molecular weight excluding hydrogens is 236 g/mol. The number of fused-ring (bicyclic) bond motifs is 1. The molecule has 2 fully saturated rings. The lowest BCUT2D eigenvalue weighted by molar-refractivity contribution is 0.100. The summed E-state index contributed by atoms with van der Waals surface area (Å²) in [4.78, 5) is 4.35. The van der Waals surface area contributed by atoms with Gasteiger partial charge in [-0.3, -0.25) is 4.98 Å². The highest BCUT2D eigenvalue weighted by Gasteiger charge is 2.41. The third kappa shape index (κ3) is 2.98. The van der Waals surface area contributed by atoms with Crippen LogP contribution in [0.3, 0.4) is 0 Å². The van der Waals surface area contributed by atoms with Crippen LogP contribution in [0.5, 0.6) is 0 Å². The van der Waals surface area contributed by atoms with Crippen molar-refractivity contribution in [3.05, 3.63) is 29.6 Å². The Hall–Kier alpha value is -0.930. The Labute approximate surface area is 115 Å². The molecule has 1 N–H and O–H groups in total. The van der Waals surface area contributed by atoms with E-state index in [1.807, 2.05) is 20.2 Å². The van der Waals surface area contributed by atoms with Gasteiger partial charge in [0.25, 0.3) is 0 Å². The van der Waals surface area contributed by atoms with Crippen molar-refractivity contribution in [2.75, 3.05) is 7.11 Å². The van der Waals surface area contributed by atoms with Gasteiger partial charge in [0.15, 0.2) is 0 Å². The molecular formula is C16H24N2O. The Balaban J connectivity index is 1.47. The summed E-state index contributed by atoms with van der Waals surface area (Å²) in [6, 6.07) is 4.95. The molecule has 0 spiro atoms. The van der Waals surface area contributed by atoms with Crippen LogP contribution in [0.2, 0.25) is 0 Å². The second-order valence-corrected chi connectivity index (χ2v) is 6.21. The van der Waals surface area contributed by atoms with E-state index in [2.05, 4.69) is 22.4 Å². The van der Waals surface area contributed by atoms with Crippen LogP contribution in [-0.2, 0) is 11.3 Å². The standard InChI is InChI=1S/C16H24N2O/c1-11-3-4-12(9-17-11)10-18-15-5-13-7-16(19-2)8-14(13)6-15/h3-4,9,13-16,18H,5-8,10H2,1-2H3/t13-,14+,15?,16?. The molecule has 1 aromatic rings. The summed E-state index contributed by atoms with van der Waals surface area (Å²) < 4.78 is 5.49. The molecule has 0 aromatic carbocycles. The van der Waals surface area contributed by atoms with Gasteiger partial charge in [-0.1, -0.05) is 6.07 Å². The molecule has 0 aliphatic heterocycles. The average molecular weight is 260 g/mol. The maximum atomic E-state index is 5.49. The van der Waals surface area contributed by atoms with Gasteiger partial charge in [0, 0.05) is 31.6 Å². The summed E-state index contributed by atoms with van der Waals surface area (Å²) >= 11 is 0. The number of aromatic nitrogens is 1. The minimum Gasteiger partial charge on any atom is -0.381 e. The third-order valence-electron chi connectivity index (χ3n) is 4.87. The lowest BCUT2D eigenvalue weighted by atomic mass is 10.0. The first-order valence-corrected chi connectivity index (χ1v) is 7.42. The Kier molecular flexibility index (Phi) is 3.85. The first kappa shape index (κ1) is 13.1. The summed E-state index contributed by atoms with van der Waals surface area (Å²) in [7, 11) is 1.85. The average Bonchev–Trinajstić information content (AvgIpc) is 2.95. The molecule has 0 amide bonds. The molecule has 2 unspecified atom stereocenters. The van der Waals surface area contributed by atoms with Crippen molar-refractivity contribution in [2.24, 2.45) is 11.8 Å². The molecule has 0 radical (unpaired) electrons. The van der Waals surface area contributed by atoms with E-state index in [1.54, 1.807) is 0 Å². The van der Waals surface area contributed by atoms with Gasteiger partial charge in [-0.25, -0.2) is 0 Å². The highest BCUT2D eigenvalue weighted by atomic mass is 16.5. The van der Waals surface area contributed by atoms with Gasteiger partial charge in [-0.15, -0.1) is 0 Å². The van der Waals surface area contributed by atoms with E-state index in [0.717, 1.165) is 24.1 Å². The molecule has 4 atom stereocenters. The number of hydrogen-bond donors (Lipinski definition) is 1. The maximum Gasteiger partial charge on any atom is 0.0576 e.